The number of alkyl halides is 1. The molecule has 1 aliphatic heterocycles. The van der Waals surface area contributed by atoms with Gasteiger partial charge in [0.05, 0.1) is 6.04 Å². The highest BCUT2D eigenvalue weighted by atomic mass is 19.1. The van der Waals surface area contributed by atoms with Crippen molar-refractivity contribution < 1.29 is 4.39 Å². The maximum Gasteiger partial charge on any atom is 0.129 e. The van der Waals surface area contributed by atoms with Crippen molar-refractivity contribution in [2.24, 2.45) is 0 Å². The van der Waals surface area contributed by atoms with Gasteiger partial charge in [-0.25, -0.2) is 4.39 Å². The topological polar surface area (TPSA) is 6.48 Å². The second-order valence-corrected chi connectivity index (χ2v) is 4.94. The predicted molar refractivity (Wildman–Crippen MR) is 58.3 cm³/mol. The lowest BCUT2D eigenvalue weighted by molar-refractivity contribution is 0.0794. The zero-order valence-corrected chi connectivity index (χ0v) is 10.00. The van der Waals surface area contributed by atoms with E-state index in [1.807, 2.05) is 7.05 Å². The van der Waals surface area contributed by atoms with Gasteiger partial charge in [0.25, 0.3) is 0 Å². The summed E-state index contributed by atoms with van der Waals surface area (Å²) in [6.07, 6.45) is -0.690. The van der Waals surface area contributed by atoms with Crippen molar-refractivity contribution in [3.63, 3.8) is 0 Å². The highest BCUT2D eigenvalue weighted by molar-refractivity contribution is 4.92. The maximum absolute atomic E-state index is 13.7. The summed E-state index contributed by atoms with van der Waals surface area (Å²) in [5.74, 6) is 0. The Morgan fingerprint density at radius 3 is 1.93 bits per heavy atom. The normalized spacial score (nSPS) is 29.8. The van der Waals surface area contributed by atoms with Gasteiger partial charge in [-0.05, 0) is 34.7 Å². The Balaban J connectivity index is 2.69. The quantitative estimate of drug-likeness (QED) is 0.688. The van der Waals surface area contributed by atoms with Gasteiger partial charge in [-0.1, -0.05) is 0 Å². The summed E-state index contributed by atoms with van der Waals surface area (Å²) in [5.41, 5.74) is 0. The van der Waals surface area contributed by atoms with Crippen LogP contribution in [0.2, 0.25) is 0 Å². The molecule has 0 saturated carbocycles. The van der Waals surface area contributed by atoms with E-state index in [1.165, 1.54) is 0 Å². The molecule has 1 aliphatic rings. The van der Waals surface area contributed by atoms with Crippen LogP contribution in [-0.4, -0.2) is 54.2 Å². The number of likely N-dealkylation sites (tertiary alicyclic amines) is 1. The van der Waals surface area contributed by atoms with Crippen LogP contribution in [0, 0.1) is 0 Å². The summed E-state index contributed by atoms with van der Waals surface area (Å²) >= 11 is 0. The third kappa shape index (κ3) is 2.45. The number of rotatable bonds is 3. The molecule has 0 N–H and O–H groups in total. The molecule has 0 aromatic heterocycles. The van der Waals surface area contributed by atoms with E-state index < -0.39 is 6.17 Å². The third-order valence-corrected chi connectivity index (χ3v) is 2.98. The van der Waals surface area contributed by atoms with Crippen LogP contribution >= 0.6 is 0 Å². The second kappa shape index (κ2) is 4.58. The van der Waals surface area contributed by atoms with E-state index in [0.717, 1.165) is 6.54 Å². The lowest BCUT2D eigenvalue weighted by Gasteiger charge is -2.36. The van der Waals surface area contributed by atoms with Crippen LogP contribution in [0.25, 0.3) is 0 Å². The van der Waals surface area contributed by atoms with E-state index >= 15 is 0 Å². The van der Waals surface area contributed by atoms with Crippen LogP contribution in [0.15, 0.2) is 0 Å². The summed E-state index contributed by atoms with van der Waals surface area (Å²) in [5, 5.41) is 0. The van der Waals surface area contributed by atoms with Gasteiger partial charge in [-0.2, -0.15) is 0 Å². The largest absolute Gasteiger partial charge is 0.302 e. The molecule has 0 spiro atoms. The van der Waals surface area contributed by atoms with Crippen LogP contribution in [0.3, 0.4) is 0 Å². The van der Waals surface area contributed by atoms with Crippen molar-refractivity contribution in [3.05, 3.63) is 0 Å². The van der Waals surface area contributed by atoms with Crippen LogP contribution in [0.4, 0.5) is 4.39 Å². The molecule has 1 fully saturated rings. The fourth-order valence-electron chi connectivity index (χ4n) is 2.57. The number of hydrogen-bond acceptors (Lipinski definition) is 2. The standard InChI is InChI=1S/C11H23FN2/c1-8(2)14(9(3)4)11-7-13(5)6-10(11)12/h8-11H,6-7H2,1-5H3. The number of likely N-dealkylation sites (N-methyl/N-ethyl adjacent to an activating group) is 1. The fourth-order valence-corrected chi connectivity index (χ4v) is 2.57. The van der Waals surface area contributed by atoms with Gasteiger partial charge in [-0.15, -0.1) is 0 Å². The highest BCUT2D eigenvalue weighted by Gasteiger charge is 2.37. The van der Waals surface area contributed by atoms with E-state index in [4.69, 9.17) is 0 Å². The molecule has 1 heterocycles. The van der Waals surface area contributed by atoms with Crippen molar-refractivity contribution in [1.29, 1.82) is 0 Å². The smallest absolute Gasteiger partial charge is 0.129 e. The van der Waals surface area contributed by atoms with Crippen LogP contribution in [0.1, 0.15) is 27.7 Å². The van der Waals surface area contributed by atoms with E-state index in [-0.39, 0.29) is 6.04 Å². The lowest BCUT2D eigenvalue weighted by Crippen LogP contribution is -2.49. The molecule has 1 rings (SSSR count). The zero-order chi connectivity index (χ0) is 10.9. The third-order valence-electron chi connectivity index (χ3n) is 2.98. The van der Waals surface area contributed by atoms with Crippen molar-refractivity contribution in [2.75, 3.05) is 20.1 Å². The van der Waals surface area contributed by atoms with Gasteiger partial charge in [-0.3, -0.25) is 4.90 Å². The molecule has 0 aromatic carbocycles. The van der Waals surface area contributed by atoms with E-state index in [9.17, 15) is 4.39 Å². The van der Waals surface area contributed by atoms with E-state index in [2.05, 4.69) is 37.5 Å². The molecule has 0 aromatic rings. The molecule has 2 atom stereocenters. The maximum atomic E-state index is 13.7. The van der Waals surface area contributed by atoms with Gasteiger partial charge in [0.15, 0.2) is 0 Å². The summed E-state index contributed by atoms with van der Waals surface area (Å²) < 4.78 is 13.7. The van der Waals surface area contributed by atoms with Gasteiger partial charge in [0.2, 0.25) is 0 Å². The lowest BCUT2D eigenvalue weighted by atomic mass is 10.1. The monoisotopic (exact) mass is 202 g/mol. The van der Waals surface area contributed by atoms with Crippen LogP contribution in [-0.2, 0) is 0 Å². The average Bonchev–Trinajstić information content (AvgIpc) is 2.29. The molecule has 14 heavy (non-hydrogen) atoms. The number of nitrogens with zero attached hydrogens (tertiary/aromatic N) is 2. The predicted octanol–water partition coefficient (Wildman–Crippen LogP) is 1.76. The van der Waals surface area contributed by atoms with E-state index in [1.54, 1.807) is 0 Å². The Hall–Kier alpha value is -0.150. The molecule has 2 unspecified atom stereocenters. The SMILES string of the molecule is CC(C)N(C(C)C)C1CN(C)CC1F. The first-order chi connectivity index (χ1) is 6.43. The Kier molecular flexibility index (Phi) is 3.90. The first-order valence-electron chi connectivity index (χ1n) is 5.53. The van der Waals surface area contributed by atoms with Gasteiger partial charge >= 0.3 is 0 Å². The minimum absolute atomic E-state index is 0.0833. The molecule has 84 valence electrons. The molecule has 1 saturated heterocycles. The molecule has 0 amide bonds. The number of hydrogen-bond donors (Lipinski definition) is 0. The summed E-state index contributed by atoms with van der Waals surface area (Å²) in [6.45, 7) is 10.0. The molecule has 2 nitrogen and oxygen atoms in total. The molecule has 0 radical (unpaired) electrons. The first-order valence-corrected chi connectivity index (χ1v) is 5.53. The van der Waals surface area contributed by atoms with Gasteiger partial charge in [0.1, 0.15) is 6.17 Å². The van der Waals surface area contributed by atoms with Crippen molar-refractivity contribution in [1.82, 2.24) is 9.80 Å². The molecular formula is C11H23FN2. The Morgan fingerprint density at radius 1 is 1.14 bits per heavy atom. The van der Waals surface area contributed by atoms with Gasteiger partial charge in [0, 0.05) is 25.2 Å². The van der Waals surface area contributed by atoms with Crippen LogP contribution in [0.5, 0.6) is 0 Å². The van der Waals surface area contributed by atoms with Gasteiger partial charge < -0.3 is 4.90 Å². The minimum Gasteiger partial charge on any atom is -0.302 e. The molecule has 3 heteroatoms. The zero-order valence-electron chi connectivity index (χ0n) is 10.00. The van der Waals surface area contributed by atoms with Crippen molar-refractivity contribution in [2.45, 2.75) is 52.0 Å². The highest BCUT2D eigenvalue weighted by Crippen LogP contribution is 2.22. The molecule has 0 aliphatic carbocycles. The van der Waals surface area contributed by atoms with Crippen LogP contribution < -0.4 is 0 Å². The fraction of sp³-hybridized carbons (Fsp3) is 1.00. The van der Waals surface area contributed by atoms with E-state index in [0.29, 0.717) is 18.6 Å². The Bertz CT molecular complexity index is 174. The molecule has 0 bridgehead atoms. The second-order valence-electron chi connectivity index (χ2n) is 4.94. The molecular weight excluding hydrogens is 179 g/mol. The first kappa shape index (κ1) is 11.9. The van der Waals surface area contributed by atoms with Crippen molar-refractivity contribution >= 4 is 0 Å². The number of halogens is 1. The Morgan fingerprint density at radius 2 is 1.64 bits per heavy atom. The Labute approximate surface area is 87.1 Å². The summed E-state index contributed by atoms with van der Waals surface area (Å²) in [6, 6.07) is 0.925. The average molecular weight is 202 g/mol. The summed E-state index contributed by atoms with van der Waals surface area (Å²) in [7, 11) is 1.99. The van der Waals surface area contributed by atoms with Crippen molar-refractivity contribution in [3.8, 4) is 0 Å². The summed E-state index contributed by atoms with van der Waals surface area (Å²) in [4.78, 5) is 4.36. The minimum atomic E-state index is -0.690.